The number of nitrogens with one attached hydrogen (secondary N) is 1. The summed E-state index contributed by atoms with van der Waals surface area (Å²) >= 11 is 0. The Bertz CT molecular complexity index is 1260. The summed E-state index contributed by atoms with van der Waals surface area (Å²) in [6.45, 7) is 1.24. The summed E-state index contributed by atoms with van der Waals surface area (Å²) in [4.78, 5) is 29.3. The van der Waals surface area contributed by atoms with Crippen molar-refractivity contribution in [2.45, 2.75) is 63.6 Å². The highest BCUT2D eigenvalue weighted by Crippen LogP contribution is 2.31. The molecule has 1 atom stereocenters. The molecule has 2 aliphatic rings. The number of fused-ring (bicyclic) bond motifs is 1. The van der Waals surface area contributed by atoms with Crippen LogP contribution in [0.3, 0.4) is 0 Å². The van der Waals surface area contributed by atoms with Gasteiger partial charge in [0.2, 0.25) is 11.8 Å². The molecule has 1 N–H and O–H groups in total. The Morgan fingerprint density at radius 3 is 2.31 bits per heavy atom. The van der Waals surface area contributed by atoms with Crippen molar-refractivity contribution in [3.05, 3.63) is 95.3 Å². The minimum atomic E-state index is -0.689. The van der Waals surface area contributed by atoms with E-state index in [0.717, 1.165) is 42.4 Å². The lowest BCUT2D eigenvalue weighted by atomic mass is 10.0. The third kappa shape index (κ3) is 7.16. The molecule has 204 valence electrons. The van der Waals surface area contributed by atoms with Crippen molar-refractivity contribution in [2.75, 3.05) is 13.2 Å². The largest absolute Gasteiger partial charge is 0.486 e. The van der Waals surface area contributed by atoms with Gasteiger partial charge in [-0.3, -0.25) is 9.59 Å². The molecule has 0 saturated heterocycles. The zero-order valence-corrected chi connectivity index (χ0v) is 22.1. The maximum absolute atomic E-state index is 13.9. The van der Waals surface area contributed by atoms with Crippen molar-refractivity contribution in [1.29, 1.82) is 0 Å². The summed E-state index contributed by atoms with van der Waals surface area (Å²) in [5.74, 6) is 0.792. The first-order valence-electron chi connectivity index (χ1n) is 13.8. The summed E-state index contributed by atoms with van der Waals surface area (Å²) in [5.41, 5.74) is 2.72. The molecule has 1 saturated carbocycles. The summed E-state index contributed by atoms with van der Waals surface area (Å²) in [6, 6.07) is 21.1. The molecular formula is C32H35FN2O4. The minimum Gasteiger partial charge on any atom is -0.486 e. The van der Waals surface area contributed by atoms with E-state index in [-0.39, 0.29) is 36.6 Å². The predicted molar refractivity (Wildman–Crippen MR) is 147 cm³/mol. The molecule has 5 rings (SSSR count). The minimum absolute atomic E-state index is 0.128. The zero-order chi connectivity index (χ0) is 27.0. The van der Waals surface area contributed by atoms with E-state index in [0.29, 0.717) is 37.6 Å². The fraction of sp³-hybridized carbons (Fsp3) is 0.375. The Morgan fingerprint density at radius 2 is 1.56 bits per heavy atom. The van der Waals surface area contributed by atoms with Crippen molar-refractivity contribution in [2.24, 2.45) is 0 Å². The standard InChI is InChI=1S/C32H35FN2O4/c33-26-14-10-25(11-15-26)22-35(31(36)17-13-24-12-16-29-30(21-24)39-19-18-38-29)28(20-23-6-2-1-3-7-23)32(37)34-27-8-4-5-9-27/h1-3,6-7,10-12,14-16,21,27-28H,4-5,8-9,13,17-20,22H2,(H,34,37). The van der Waals surface area contributed by atoms with Crippen LogP contribution in [0.1, 0.15) is 48.8 Å². The van der Waals surface area contributed by atoms with Crippen LogP contribution < -0.4 is 14.8 Å². The van der Waals surface area contributed by atoms with Gasteiger partial charge in [-0.2, -0.15) is 0 Å². The normalized spacial score (nSPS) is 15.5. The van der Waals surface area contributed by atoms with Gasteiger partial charge in [0.25, 0.3) is 0 Å². The van der Waals surface area contributed by atoms with E-state index in [2.05, 4.69) is 5.32 Å². The van der Waals surface area contributed by atoms with Crippen LogP contribution in [0, 0.1) is 5.82 Å². The molecule has 1 heterocycles. The lowest BCUT2D eigenvalue weighted by molar-refractivity contribution is -0.141. The van der Waals surface area contributed by atoms with Crippen LogP contribution in [-0.2, 0) is 29.0 Å². The van der Waals surface area contributed by atoms with Gasteiger partial charge in [-0.15, -0.1) is 0 Å². The lowest BCUT2D eigenvalue weighted by Crippen LogP contribution is -2.52. The molecule has 2 amide bonds. The first kappa shape index (κ1) is 26.7. The van der Waals surface area contributed by atoms with E-state index in [4.69, 9.17) is 9.47 Å². The Hall–Kier alpha value is -3.87. The lowest BCUT2D eigenvalue weighted by Gasteiger charge is -2.32. The summed E-state index contributed by atoms with van der Waals surface area (Å²) in [7, 11) is 0. The van der Waals surface area contributed by atoms with Crippen molar-refractivity contribution in [1.82, 2.24) is 10.2 Å². The predicted octanol–water partition coefficient (Wildman–Crippen LogP) is 5.23. The number of hydrogen-bond donors (Lipinski definition) is 1. The number of amides is 2. The van der Waals surface area contributed by atoms with Crippen LogP contribution >= 0.6 is 0 Å². The third-order valence-electron chi connectivity index (χ3n) is 7.47. The molecular weight excluding hydrogens is 495 g/mol. The van der Waals surface area contributed by atoms with Crippen molar-refractivity contribution >= 4 is 11.8 Å². The molecule has 3 aromatic rings. The number of carbonyl (C=O) groups is 2. The van der Waals surface area contributed by atoms with Crippen LogP contribution in [0.5, 0.6) is 11.5 Å². The molecule has 3 aromatic carbocycles. The van der Waals surface area contributed by atoms with Crippen molar-refractivity contribution in [3.63, 3.8) is 0 Å². The van der Waals surface area contributed by atoms with E-state index < -0.39 is 6.04 Å². The third-order valence-corrected chi connectivity index (χ3v) is 7.47. The second-order valence-corrected chi connectivity index (χ2v) is 10.3. The fourth-order valence-corrected chi connectivity index (χ4v) is 5.35. The maximum atomic E-state index is 13.9. The van der Waals surface area contributed by atoms with E-state index in [9.17, 15) is 14.0 Å². The van der Waals surface area contributed by atoms with Crippen LogP contribution in [0.15, 0.2) is 72.8 Å². The highest BCUT2D eigenvalue weighted by molar-refractivity contribution is 5.88. The molecule has 0 radical (unpaired) electrons. The van der Waals surface area contributed by atoms with Gasteiger partial charge in [0, 0.05) is 25.4 Å². The Morgan fingerprint density at radius 1 is 0.872 bits per heavy atom. The first-order chi connectivity index (χ1) is 19.0. The molecule has 1 unspecified atom stereocenters. The highest BCUT2D eigenvalue weighted by atomic mass is 19.1. The highest BCUT2D eigenvalue weighted by Gasteiger charge is 2.32. The van der Waals surface area contributed by atoms with Gasteiger partial charge in [0.05, 0.1) is 0 Å². The molecule has 7 heteroatoms. The molecule has 39 heavy (non-hydrogen) atoms. The first-order valence-corrected chi connectivity index (χ1v) is 13.8. The van der Waals surface area contributed by atoms with E-state index in [1.165, 1.54) is 12.1 Å². The molecule has 6 nitrogen and oxygen atoms in total. The van der Waals surface area contributed by atoms with Gasteiger partial charge in [0.1, 0.15) is 25.1 Å². The number of carbonyl (C=O) groups excluding carboxylic acids is 2. The van der Waals surface area contributed by atoms with Crippen LogP contribution in [0.4, 0.5) is 4.39 Å². The second-order valence-electron chi connectivity index (χ2n) is 10.3. The molecule has 1 fully saturated rings. The number of hydrogen-bond acceptors (Lipinski definition) is 4. The van der Waals surface area contributed by atoms with Crippen molar-refractivity contribution < 1.29 is 23.5 Å². The summed E-state index contributed by atoms with van der Waals surface area (Å²) < 4.78 is 25.0. The number of rotatable bonds is 10. The number of halogens is 1. The average molecular weight is 531 g/mol. The number of benzene rings is 3. The molecule has 0 bridgehead atoms. The van der Waals surface area contributed by atoms with Crippen molar-refractivity contribution in [3.8, 4) is 11.5 Å². The number of ether oxygens (including phenoxy) is 2. The van der Waals surface area contributed by atoms with E-state index in [1.807, 2.05) is 48.5 Å². The molecule has 0 aromatic heterocycles. The van der Waals surface area contributed by atoms with Gasteiger partial charge in [0.15, 0.2) is 11.5 Å². The monoisotopic (exact) mass is 530 g/mol. The van der Waals surface area contributed by atoms with Crippen LogP contribution in [0.25, 0.3) is 0 Å². The maximum Gasteiger partial charge on any atom is 0.243 e. The molecule has 0 spiro atoms. The van der Waals surface area contributed by atoms with Crippen LogP contribution in [0.2, 0.25) is 0 Å². The van der Waals surface area contributed by atoms with E-state index in [1.54, 1.807) is 17.0 Å². The molecule has 1 aliphatic carbocycles. The smallest absolute Gasteiger partial charge is 0.243 e. The Balaban J connectivity index is 1.39. The Kier molecular flexibility index (Phi) is 8.76. The Labute approximate surface area is 229 Å². The summed E-state index contributed by atoms with van der Waals surface area (Å²) in [5, 5.41) is 3.21. The topological polar surface area (TPSA) is 67.9 Å². The van der Waals surface area contributed by atoms with E-state index >= 15 is 0 Å². The SMILES string of the molecule is O=C(NC1CCCC1)C(Cc1ccccc1)N(Cc1ccc(F)cc1)C(=O)CCc1ccc2c(c1)OCCO2. The van der Waals surface area contributed by atoms with Gasteiger partial charge in [-0.25, -0.2) is 4.39 Å². The number of aryl methyl sites for hydroxylation is 1. The molecule has 1 aliphatic heterocycles. The average Bonchev–Trinajstić information content (AvgIpc) is 3.48. The second kappa shape index (κ2) is 12.8. The van der Waals surface area contributed by atoms with Gasteiger partial charge < -0.3 is 19.7 Å². The van der Waals surface area contributed by atoms with Gasteiger partial charge in [-0.05, 0) is 60.2 Å². The van der Waals surface area contributed by atoms with Crippen LogP contribution in [-0.4, -0.2) is 42.0 Å². The summed E-state index contributed by atoms with van der Waals surface area (Å²) in [6.07, 6.45) is 5.24. The number of nitrogens with zero attached hydrogens (tertiary/aromatic N) is 1. The van der Waals surface area contributed by atoms with Gasteiger partial charge in [-0.1, -0.05) is 61.4 Å². The zero-order valence-electron chi connectivity index (χ0n) is 22.1. The quantitative estimate of drug-likeness (QED) is 0.390. The fourth-order valence-electron chi connectivity index (χ4n) is 5.35. The van der Waals surface area contributed by atoms with Gasteiger partial charge >= 0.3 is 0 Å².